The van der Waals surface area contributed by atoms with Crippen molar-refractivity contribution in [2.45, 2.75) is 31.1 Å². The molecule has 0 saturated heterocycles. The SMILES string of the molecule is C[C@H]1CCc2c(sc(NS(=O)(=O)c3ccc(F)cc3F)c2C(N)=O)C1. The number of benzene rings is 1. The Bertz CT molecular complexity index is 955. The maximum Gasteiger partial charge on any atom is 0.265 e. The molecule has 1 aromatic carbocycles. The molecular formula is C16H16F2N2O3S2. The van der Waals surface area contributed by atoms with Crippen molar-refractivity contribution < 1.29 is 22.0 Å². The molecule has 9 heteroatoms. The fraction of sp³-hybridized carbons (Fsp3) is 0.312. The third-order valence-electron chi connectivity index (χ3n) is 4.17. The molecule has 2 aromatic rings. The van der Waals surface area contributed by atoms with Gasteiger partial charge in [0, 0.05) is 10.9 Å². The molecule has 1 heterocycles. The number of nitrogens with two attached hydrogens (primary N) is 1. The Balaban J connectivity index is 2.04. The van der Waals surface area contributed by atoms with E-state index in [1.807, 2.05) is 0 Å². The molecule has 0 unspecified atom stereocenters. The lowest BCUT2D eigenvalue weighted by Crippen LogP contribution is -2.20. The average Bonchev–Trinajstić information content (AvgIpc) is 2.82. The van der Waals surface area contributed by atoms with Crippen LogP contribution >= 0.6 is 11.3 Å². The van der Waals surface area contributed by atoms with Gasteiger partial charge in [-0.2, -0.15) is 0 Å². The minimum absolute atomic E-state index is 0.0790. The van der Waals surface area contributed by atoms with E-state index in [1.165, 1.54) is 0 Å². The lowest BCUT2D eigenvalue weighted by molar-refractivity contribution is 0.100. The van der Waals surface area contributed by atoms with E-state index in [0.717, 1.165) is 46.8 Å². The lowest BCUT2D eigenvalue weighted by Gasteiger charge is -2.18. The van der Waals surface area contributed by atoms with E-state index in [-0.39, 0.29) is 10.6 Å². The van der Waals surface area contributed by atoms with Gasteiger partial charge in [0.25, 0.3) is 15.9 Å². The van der Waals surface area contributed by atoms with Gasteiger partial charge < -0.3 is 5.73 Å². The highest BCUT2D eigenvalue weighted by Gasteiger charge is 2.29. The van der Waals surface area contributed by atoms with Gasteiger partial charge in [0.05, 0.1) is 5.56 Å². The first-order valence-electron chi connectivity index (χ1n) is 7.61. The fourth-order valence-electron chi connectivity index (χ4n) is 2.95. The molecule has 1 aliphatic rings. The Hall–Kier alpha value is -2.00. The van der Waals surface area contributed by atoms with Crippen molar-refractivity contribution >= 4 is 32.3 Å². The summed E-state index contributed by atoms with van der Waals surface area (Å²) >= 11 is 1.14. The zero-order valence-electron chi connectivity index (χ0n) is 13.3. The van der Waals surface area contributed by atoms with Crippen LogP contribution in [0.5, 0.6) is 0 Å². The van der Waals surface area contributed by atoms with Gasteiger partial charge in [0.15, 0.2) is 0 Å². The Morgan fingerprint density at radius 3 is 2.72 bits per heavy atom. The molecule has 0 fully saturated rings. The van der Waals surface area contributed by atoms with Crippen molar-refractivity contribution in [2.75, 3.05) is 4.72 Å². The summed E-state index contributed by atoms with van der Waals surface area (Å²) in [7, 11) is -4.32. The predicted molar refractivity (Wildman–Crippen MR) is 91.2 cm³/mol. The molecule has 0 bridgehead atoms. The van der Waals surface area contributed by atoms with E-state index in [9.17, 15) is 22.0 Å². The summed E-state index contributed by atoms with van der Waals surface area (Å²) in [6.07, 6.45) is 2.24. The highest BCUT2D eigenvalue weighted by Crippen LogP contribution is 2.40. The molecule has 1 aromatic heterocycles. The summed E-state index contributed by atoms with van der Waals surface area (Å²) in [6, 6.07) is 2.19. The van der Waals surface area contributed by atoms with Gasteiger partial charge in [-0.3, -0.25) is 9.52 Å². The van der Waals surface area contributed by atoms with Gasteiger partial charge in [0.2, 0.25) is 0 Å². The Labute approximate surface area is 147 Å². The van der Waals surface area contributed by atoms with Gasteiger partial charge in [0.1, 0.15) is 21.5 Å². The number of primary amides is 1. The maximum atomic E-state index is 13.8. The summed E-state index contributed by atoms with van der Waals surface area (Å²) < 4.78 is 54.0. The molecule has 0 saturated carbocycles. The van der Waals surface area contributed by atoms with Crippen molar-refractivity contribution in [3.05, 3.63) is 45.8 Å². The van der Waals surface area contributed by atoms with Crippen LogP contribution in [0, 0.1) is 17.6 Å². The number of anilines is 1. The van der Waals surface area contributed by atoms with Gasteiger partial charge in [-0.05, 0) is 42.9 Å². The number of carbonyl (C=O) groups excluding carboxylic acids is 1. The predicted octanol–water partition coefficient (Wildman–Crippen LogP) is 3.05. The highest BCUT2D eigenvalue weighted by molar-refractivity contribution is 7.93. The Morgan fingerprint density at radius 1 is 1.36 bits per heavy atom. The number of carbonyl (C=O) groups is 1. The summed E-state index contributed by atoms with van der Waals surface area (Å²) in [5.74, 6) is -2.40. The van der Waals surface area contributed by atoms with E-state index >= 15 is 0 Å². The first kappa shape index (κ1) is 17.8. The lowest BCUT2D eigenvalue weighted by atomic mass is 9.88. The summed E-state index contributed by atoms with van der Waals surface area (Å²) in [5, 5.41) is 0.0790. The fourth-order valence-corrected chi connectivity index (χ4v) is 5.74. The number of halogens is 2. The van der Waals surface area contributed by atoms with E-state index in [0.29, 0.717) is 18.4 Å². The average molecular weight is 386 g/mol. The van der Waals surface area contributed by atoms with Crippen LogP contribution in [0.2, 0.25) is 0 Å². The van der Waals surface area contributed by atoms with Crippen molar-refractivity contribution in [1.82, 2.24) is 0 Å². The van der Waals surface area contributed by atoms with E-state index < -0.39 is 32.5 Å². The van der Waals surface area contributed by atoms with Crippen LogP contribution in [0.1, 0.15) is 34.1 Å². The standard InChI is InChI=1S/C16H16F2N2O3S2/c1-8-2-4-10-12(6-8)24-16(14(10)15(19)21)20-25(22,23)13-5-3-9(17)7-11(13)18/h3,5,7-8,20H,2,4,6H2,1H3,(H2,19,21)/t8-/m0/s1. The van der Waals surface area contributed by atoms with Gasteiger partial charge in [-0.15, -0.1) is 11.3 Å². The molecule has 134 valence electrons. The molecule has 5 nitrogen and oxygen atoms in total. The number of sulfonamides is 1. The van der Waals surface area contributed by atoms with Gasteiger partial charge in [-0.25, -0.2) is 17.2 Å². The largest absolute Gasteiger partial charge is 0.365 e. The zero-order chi connectivity index (χ0) is 18.4. The molecule has 1 aliphatic carbocycles. The number of hydrogen-bond donors (Lipinski definition) is 2. The molecule has 0 radical (unpaired) electrons. The number of amides is 1. The molecule has 1 amide bonds. The number of rotatable bonds is 4. The summed E-state index contributed by atoms with van der Waals surface area (Å²) in [6.45, 7) is 2.07. The summed E-state index contributed by atoms with van der Waals surface area (Å²) in [4.78, 5) is 12.1. The van der Waals surface area contributed by atoms with Crippen LogP contribution in [0.15, 0.2) is 23.1 Å². The van der Waals surface area contributed by atoms with Crippen molar-refractivity contribution in [3.63, 3.8) is 0 Å². The third kappa shape index (κ3) is 3.38. The van der Waals surface area contributed by atoms with Crippen LogP contribution in [0.3, 0.4) is 0 Å². The zero-order valence-corrected chi connectivity index (χ0v) is 14.9. The smallest absolute Gasteiger partial charge is 0.265 e. The second-order valence-corrected chi connectivity index (χ2v) is 8.86. The van der Waals surface area contributed by atoms with E-state index in [2.05, 4.69) is 11.6 Å². The molecular weight excluding hydrogens is 370 g/mol. The maximum absolute atomic E-state index is 13.8. The van der Waals surface area contributed by atoms with Gasteiger partial charge >= 0.3 is 0 Å². The van der Waals surface area contributed by atoms with Crippen LogP contribution in [0.4, 0.5) is 13.8 Å². The molecule has 3 N–H and O–H groups in total. The van der Waals surface area contributed by atoms with Crippen molar-refractivity contribution in [3.8, 4) is 0 Å². The molecule has 0 spiro atoms. The number of hydrogen-bond acceptors (Lipinski definition) is 4. The first-order valence-corrected chi connectivity index (χ1v) is 9.91. The third-order valence-corrected chi connectivity index (χ3v) is 6.85. The molecule has 3 rings (SSSR count). The second-order valence-electron chi connectivity index (χ2n) is 6.10. The monoisotopic (exact) mass is 386 g/mol. The minimum atomic E-state index is -4.32. The van der Waals surface area contributed by atoms with Crippen LogP contribution in [-0.2, 0) is 22.9 Å². The van der Waals surface area contributed by atoms with E-state index in [1.54, 1.807) is 0 Å². The molecule has 25 heavy (non-hydrogen) atoms. The minimum Gasteiger partial charge on any atom is -0.365 e. The first-order chi connectivity index (χ1) is 11.7. The van der Waals surface area contributed by atoms with Crippen LogP contribution < -0.4 is 10.5 Å². The normalized spacial score (nSPS) is 17.2. The summed E-state index contributed by atoms with van der Waals surface area (Å²) in [5.41, 5.74) is 6.33. The molecule has 0 aliphatic heterocycles. The van der Waals surface area contributed by atoms with Crippen LogP contribution in [-0.4, -0.2) is 14.3 Å². The Kier molecular flexibility index (Phi) is 4.54. The topological polar surface area (TPSA) is 89.3 Å². The number of thiophene rings is 1. The van der Waals surface area contributed by atoms with Crippen molar-refractivity contribution in [1.29, 1.82) is 0 Å². The van der Waals surface area contributed by atoms with E-state index in [4.69, 9.17) is 5.73 Å². The van der Waals surface area contributed by atoms with Crippen LogP contribution in [0.25, 0.3) is 0 Å². The highest BCUT2D eigenvalue weighted by atomic mass is 32.2. The molecule has 1 atom stereocenters. The quantitative estimate of drug-likeness (QED) is 0.846. The second kappa shape index (κ2) is 6.38. The van der Waals surface area contributed by atoms with Gasteiger partial charge in [-0.1, -0.05) is 6.92 Å². The van der Waals surface area contributed by atoms with Crippen molar-refractivity contribution in [2.24, 2.45) is 11.7 Å². The Morgan fingerprint density at radius 2 is 2.08 bits per heavy atom. The number of fused-ring (bicyclic) bond motifs is 1. The number of nitrogens with one attached hydrogen (secondary N) is 1.